The van der Waals surface area contributed by atoms with E-state index in [-0.39, 0.29) is 29.8 Å². The van der Waals surface area contributed by atoms with Crippen LogP contribution in [-0.4, -0.2) is 22.2 Å². The lowest BCUT2D eigenvalue weighted by Gasteiger charge is -2.21. The SMILES string of the molecule is O=C(Cc1cccc(-c2cc3cc(-c4ccc(-c5ccccc5O)cc4)c(Cl)cc3[nH]c2=O)c1)OC1CCCCC1. The number of halogens is 1. The van der Waals surface area contributed by atoms with Crippen LogP contribution in [0.5, 0.6) is 5.75 Å². The molecule has 0 bridgehead atoms. The number of rotatable bonds is 6. The fourth-order valence-electron chi connectivity index (χ4n) is 5.64. The molecule has 0 aliphatic heterocycles. The zero-order valence-electron chi connectivity index (χ0n) is 22.5. The first-order valence-electron chi connectivity index (χ1n) is 14.0. The summed E-state index contributed by atoms with van der Waals surface area (Å²) in [5.41, 5.74) is 5.89. The highest BCUT2D eigenvalue weighted by Gasteiger charge is 2.18. The van der Waals surface area contributed by atoms with E-state index >= 15 is 0 Å². The largest absolute Gasteiger partial charge is 0.507 e. The first-order valence-corrected chi connectivity index (χ1v) is 14.4. The fraction of sp³-hybridized carbons (Fsp3) is 0.200. The molecule has 1 heterocycles. The molecular weight excluding hydrogens is 534 g/mol. The Morgan fingerprint density at radius 3 is 2.27 bits per heavy atom. The molecule has 41 heavy (non-hydrogen) atoms. The van der Waals surface area contributed by atoms with E-state index in [2.05, 4.69) is 4.98 Å². The Morgan fingerprint density at radius 2 is 1.51 bits per heavy atom. The third kappa shape index (κ3) is 5.91. The van der Waals surface area contributed by atoms with Gasteiger partial charge in [-0.25, -0.2) is 0 Å². The molecule has 1 aliphatic carbocycles. The van der Waals surface area contributed by atoms with E-state index in [1.54, 1.807) is 18.2 Å². The summed E-state index contributed by atoms with van der Waals surface area (Å²) in [6.45, 7) is 0. The number of fused-ring (bicyclic) bond motifs is 1. The van der Waals surface area contributed by atoms with Crippen molar-refractivity contribution in [1.29, 1.82) is 0 Å². The zero-order chi connectivity index (χ0) is 28.3. The first-order chi connectivity index (χ1) is 19.9. The normalized spacial score (nSPS) is 13.8. The van der Waals surface area contributed by atoms with Gasteiger partial charge < -0.3 is 14.8 Å². The predicted molar refractivity (Wildman–Crippen MR) is 164 cm³/mol. The molecule has 4 aromatic carbocycles. The molecule has 0 spiro atoms. The van der Waals surface area contributed by atoms with Crippen molar-refractivity contribution in [3.8, 4) is 39.1 Å². The lowest BCUT2D eigenvalue weighted by atomic mass is 9.97. The van der Waals surface area contributed by atoms with Gasteiger partial charge in [0.2, 0.25) is 0 Å². The van der Waals surface area contributed by atoms with Gasteiger partial charge >= 0.3 is 5.97 Å². The maximum Gasteiger partial charge on any atom is 0.310 e. The minimum atomic E-state index is -0.228. The second kappa shape index (κ2) is 11.6. The highest BCUT2D eigenvalue weighted by molar-refractivity contribution is 6.34. The number of hydrogen-bond donors (Lipinski definition) is 2. The summed E-state index contributed by atoms with van der Waals surface area (Å²) in [5, 5.41) is 11.6. The number of ether oxygens (including phenoxy) is 1. The van der Waals surface area contributed by atoms with Gasteiger partial charge in [-0.2, -0.15) is 0 Å². The van der Waals surface area contributed by atoms with E-state index in [9.17, 15) is 14.7 Å². The molecule has 5 aromatic rings. The Bertz CT molecular complexity index is 1790. The summed E-state index contributed by atoms with van der Waals surface area (Å²) < 4.78 is 5.70. The number of nitrogens with one attached hydrogen (secondary N) is 1. The van der Waals surface area contributed by atoms with Crippen LogP contribution >= 0.6 is 11.6 Å². The Morgan fingerprint density at radius 1 is 0.805 bits per heavy atom. The second-order valence-electron chi connectivity index (χ2n) is 10.7. The van der Waals surface area contributed by atoms with Crippen LogP contribution in [0.4, 0.5) is 0 Å². The molecule has 0 radical (unpaired) electrons. The number of H-pyrrole nitrogens is 1. The minimum Gasteiger partial charge on any atom is -0.507 e. The standard InChI is InChI=1S/C35H30ClNO4/c36-31-21-32-26(19-29(31)24-15-13-23(14-16-24)28-11-4-5-12-33(28)38)20-30(35(40)37-32)25-8-6-7-22(17-25)18-34(39)41-27-9-2-1-3-10-27/h4-8,11-17,19-21,27,38H,1-3,9-10,18H2,(H,37,40). The van der Waals surface area contributed by atoms with E-state index in [4.69, 9.17) is 16.3 Å². The number of para-hydroxylation sites is 1. The molecule has 0 amide bonds. The average Bonchev–Trinajstić information content (AvgIpc) is 2.98. The smallest absolute Gasteiger partial charge is 0.310 e. The number of benzene rings is 4. The van der Waals surface area contributed by atoms with Crippen LogP contribution in [0, 0.1) is 0 Å². The second-order valence-corrected chi connectivity index (χ2v) is 11.1. The Labute approximate surface area is 243 Å². The summed E-state index contributed by atoms with van der Waals surface area (Å²) in [6.07, 6.45) is 5.48. The molecule has 1 aromatic heterocycles. The number of pyridine rings is 1. The predicted octanol–water partition coefficient (Wildman–Crippen LogP) is 8.31. The van der Waals surface area contributed by atoms with Gasteiger partial charge in [-0.3, -0.25) is 9.59 Å². The molecule has 0 unspecified atom stereocenters. The van der Waals surface area contributed by atoms with Gasteiger partial charge in [0.1, 0.15) is 11.9 Å². The molecule has 2 N–H and O–H groups in total. The first kappa shape index (κ1) is 26.9. The molecule has 206 valence electrons. The maximum atomic E-state index is 13.1. The van der Waals surface area contributed by atoms with Gasteiger partial charge in [0.05, 0.1) is 11.4 Å². The van der Waals surface area contributed by atoms with Crippen molar-refractivity contribution >= 4 is 28.5 Å². The number of carbonyl (C=O) groups excluding carboxylic acids is 1. The number of phenols is 1. The average molecular weight is 564 g/mol. The van der Waals surface area contributed by atoms with Crippen molar-refractivity contribution in [3.05, 3.63) is 112 Å². The van der Waals surface area contributed by atoms with E-state index in [1.165, 1.54) is 6.42 Å². The summed E-state index contributed by atoms with van der Waals surface area (Å²) in [5.74, 6) is -0.0000885. The van der Waals surface area contributed by atoms with E-state index in [0.29, 0.717) is 16.1 Å². The number of esters is 1. The minimum absolute atomic E-state index is 0.0190. The monoisotopic (exact) mass is 563 g/mol. The fourth-order valence-corrected chi connectivity index (χ4v) is 5.91. The molecule has 0 atom stereocenters. The lowest BCUT2D eigenvalue weighted by molar-refractivity contribution is -0.149. The van der Waals surface area contributed by atoms with Gasteiger partial charge in [0.25, 0.3) is 5.56 Å². The maximum absolute atomic E-state index is 13.1. The number of aromatic hydroxyl groups is 1. The zero-order valence-corrected chi connectivity index (χ0v) is 23.3. The molecule has 1 saturated carbocycles. The van der Waals surface area contributed by atoms with Crippen LogP contribution in [0.25, 0.3) is 44.3 Å². The lowest BCUT2D eigenvalue weighted by Crippen LogP contribution is -2.21. The molecule has 6 heteroatoms. The third-order valence-electron chi connectivity index (χ3n) is 7.78. The van der Waals surface area contributed by atoms with Crippen molar-refractivity contribution < 1.29 is 14.6 Å². The number of aromatic amines is 1. The van der Waals surface area contributed by atoms with Crippen molar-refractivity contribution in [2.75, 3.05) is 0 Å². The van der Waals surface area contributed by atoms with Gasteiger partial charge in [-0.05, 0) is 77.6 Å². The Hall–Kier alpha value is -4.35. The summed E-state index contributed by atoms with van der Waals surface area (Å²) in [4.78, 5) is 28.6. The van der Waals surface area contributed by atoms with Crippen molar-refractivity contribution in [3.63, 3.8) is 0 Å². The molecule has 6 rings (SSSR count). The highest BCUT2D eigenvalue weighted by atomic mass is 35.5. The number of hydrogen-bond acceptors (Lipinski definition) is 4. The van der Waals surface area contributed by atoms with Crippen LogP contribution in [0.15, 0.2) is 95.8 Å². The van der Waals surface area contributed by atoms with Gasteiger partial charge in [0, 0.05) is 22.2 Å². The van der Waals surface area contributed by atoms with Crippen LogP contribution in [0.1, 0.15) is 37.7 Å². The highest BCUT2D eigenvalue weighted by Crippen LogP contribution is 2.35. The van der Waals surface area contributed by atoms with Crippen molar-refractivity contribution in [2.24, 2.45) is 0 Å². The molecule has 0 saturated heterocycles. The quantitative estimate of drug-likeness (QED) is 0.204. The molecule has 1 aliphatic rings. The van der Waals surface area contributed by atoms with Crippen LogP contribution in [0.3, 0.4) is 0 Å². The Balaban J connectivity index is 1.28. The summed E-state index contributed by atoms with van der Waals surface area (Å²) >= 11 is 6.66. The summed E-state index contributed by atoms with van der Waals surface area (Å²) in [6, 6.07) is 28.2. The number of aromatic nitrogens is 1. The van der Waals surface area contributed by atoms with Crippen LogP contribution in [-0.2, 0) is 16.0 Å². The van der Waals surface area contributed by atoms with Gasteiger partial charge in [-0.15, -0.1) is 0 Å². The van der Waals surface area contributed by atoms with E-state index < -0.39 is 0 Å². The van der Waals surface area contributed by atoms with E-state index in [0.717, 1.165) is 64.5 Å². The van der Waals surface area contributed by atoms with Crippen molar-refractivity contribution in [1.82, 2.24) is 4.98 Å². The van der Waals surface area contributed by atoms with Crippen LogP contribution in [0.2, 0.25) is 5.02 Å². The topological polar surface area (TPSA) is 79.4 Å². The van der Waals surface area contributed by atoms with Crippen LogP contribution < -0.4 is 5.56 Å². The van der Waals surface area contributed by atoms with Gasteiger partial charge in [-0.1, -0.05) is 84.8 Å². The molecule has 1 fully saturated rings. The molecular formula is C35H30ClNO4. The van der Waals surface area contributed by atoms with E-state index in [1.807, 2.05) is 72.8 Å². The number of carbonyl (C=O) groups is 1. The Kier molecular flexibility index (Phi) is 7.62. The summed E-state index contributed by atoms with van der Waals surface area (Å²) in [7, 11) is 0. The molecule has 5 nitrogen and oxygen atoms in total. The number of phenolic OH excluding ortho intramolecular Hbond substituents is 1. The van der Waals surface area contributed by atoms with Crippen molar-refractivity contribution in [2.45, 2.75) is 44.6 Å². The van der Waals surface area contributed by atoms with Gasteiger partial charge in [0.15, 0.2) is 0 Å². The third-order valence-corrected chi connectivity index (χ3v) is 8.09.